The van der Waals surface area contributed by atoms with Gasteiger partial charge >= 0.3 is 0 Å². The van der Waals surface area contributed by atoms with Gasteiger partial charge in [-0.1, -0.05) is 23.7 Å². The van der Waals surface area contributed by atoms with Crippen molar-refractivity contribution >= 4 is 34.3 Å². The van der Waals surface area contributed by atoms with Gasteiger partial charge in [-0.25, -0.2) is 4.98 Å². The Labute approximate surface area is 141 Å². The van der Waals surface area contributed by atoms with E-state index in [0.29, 0.717) is 10.2 Å². The van der Waals surface area contributed by atoms with Crippen LogP contribution in [0, 0.1) is 0 Å². The first kappa shape index (κ1) is 17.8. The Morgan fingerprint density at radius 2 is 1.96 bits per heavy atom. The molecule has 0 aliphatic carbocycles. The molecule has 0 amide bonds. The number of aliphatic hydroxyl groups is 4. The molecule has 5 N–H and O–H groups in total. The third kappa shape index (κ3) is 4.96. The third-order valence-electron chi connectivity index (χ3n) is 2.96. The van der Waals surface area contributed by atoms with Gasteiger partial charge in [-0.15, -0.1) is 11.3 Å². The predicted molar refractivity (Wildman–Crippen MR) is 89.8 cm³/mol. The van der Waals surface area contributed by atoms with Crippen LogP contribution in [0.5, 0.6) is 0 Å². The summed E-state index contributed by atoms with van der Waals surface area (Å²) in [5, 5.41) is 43.6. The van der Waals surface area contributed by atoms with Crippen molar-refractivity contribution in [2.75, 3.05) is 12.0 Å². The van der Waals surface area contributed by atoms with Crippen LogP contribution in [-0.2, 0) is 0 Å². The van der Waals surface area contributed by atoms with Gasteiger partial charge in [0, 0.05) is 16.0 Å². The Morgan fingerprint density at radius 1 is 1.26 bits per heavy atom. The van der Waals surface area contributed by atoms with E-state index in [-0.39, 0.29) is 0 Å². The van der Waals surface area contributed by atoms with Crippen molar-refractivity contribution in [1.29, 1.82) is 0 Å². The Bertz CT molecular complexity index is 650. The van der Waals surface area contributed by atoms with Crippen molar-refractivity contribution in [3.8, 4) is 11.3 Å². The van der Waals surface area contributed by atoms with Gasteiger partial charge < -0.3 is 20.4 Å². The summed E-state index contributed by atoms with van der Waals surface area (Å²) in [7, 11) is 0. The number of benzene rings is 1. The van der Waals surface area contributed by atoms with Crippen molar-refractivity contribution in [1.82, 2.24) is 4.98 Å². The monoisotopic (exact) mass is 357 g/mol. The average Bonchev–Trinajstić information content (AvgIpc) is 3.02. The smallest absolute Gasteiger partial charge is 0.203 e. The van der Waals surface area contributed by atoms with E-state index < -0.39 is 24.9 Å². The summed E-state index contributed by atoms with van der Waals surface area (Å²) in [6.07, 6.45) is -3.35. The fourth-order valence-electron chi connectivity index (χ4n) is 1.67. The molecule has 2 rings (SSSR count). The van der Waals surface area contributed by atoms with Crippen LogP contribution in [0.15, 0.2) is 34.7 Å². The van der Waals surface area contributed by atoms with Crippen molar-refractivity contribution in [3.63, 3.8) is 0 Å². The van der Waals surface area contributed by atoms with Gasteiger partial charge in [-0.2, -0.15) is 5.10 Å². The number of thiazole rings is 1. The number of rotatable bonds is 7. The number of halogens is 1. The highest BCUT2D eigenvalue weighted by Crippen LogP contribution is 2.25. The minimum Gasteiger partial charge on any atom is -0.394 e. The standard InChI is InChI=1S/C14H16ClN3O4S/c15-9-3-1-8(2-4-9)10-7-23-14(17-10)18-16-5-11(20)13(22)12(21)6-19/h1-5,7,11-13,19-22H,6H2,(H,17,18)/b16-5-. The molecule has 124 valence electrons. The minimum absolute atomic E-state index is 0.496. The van der Waals surface area contributed by atoms with Gasteiger partial charge in [0.2, 0.25) is 5.13 Å². The van der Waals surface area contributed by atoms with Crippen LogP contribution >= 0.6 is 22.9 Å². The number of aliphatic hydroxyl groups excluding tert-OH is 4. The van der Waals surface area contributed by atoms with Gasteiger partial charge in [0.15, 0.2) is 0 Å². The molecule has 0 spiro atoms. The quantitative estimate of drug-likeness (QED) is 0.372. The Morgan fingerprint density at radius 3 is 2.61 bits per heavy atom. The van der Waals surface area contributed by atoms with Crippen LogP contribution in [0.4, 0.5) is 5.13 Å². The molecule has 7 nitrogen and oxygen atoms in total. The van der Waals surface area contributed by atoms with Gasteiger partial charge in [0.05, 0.1) is 18.5 Å². The van der Waals surface area contributed by atoms with E-state index in [1.54, 1.807) is 12.1 Å². The van der Waals surface area contributed by atoms with Crippen LogP contribution in [0.3, 0.4) is 0 Å². The van der Waals surface area contributed by atoms with E-state index in [1.165, 1.54) is 11.3 Å². The first-order valence-corrected chi connectivity index (χ1v) is 7.92. The lowest BCUT2D eigenvalue weighted by Crippen LogP contribution is -2.40. The van der Waals surface area contributed by atoms with Crippen LogP contribution in [0.1, 0.15) is 0 Å². The number of nitrogens with zero attached hydrogens (tertiary/aromatic N) is 2. The number of hydrogen-bond acceptors (Lipinski definition) is 8. The summed E-state index contributed by atoms with van der Waals surface area (Å²) in [5.74, 6) is 0. The number of hydrogen-bond donors (Lipinski definition) is 5. The molecule has 2 aromatic rings. The fraction of sp³-hybridized carbons (Fsp3) is 0.286. The van der Waals surface area contributed by atoms with Crippen molar-refractivity contribution in [2.45, 2.75) is 18.3 Å². The minimum atomic E-state index is -1.52. The maximum absolute atomic E-state index is 9.57. The number of aromatic nitrogens is 1. The molecule has 23 heavy (non-hydrogen) atoms. The van der Waals surface area contributed by atoms with E-state index in [0.717, 1.165) is 17.5 Å². The fourth-order valence-corrected chi connectivity index (χ4v) is 2.47. The molecule has 0 aliphatic heterocycles. The van der Waals surface area contributed by atoms with Crippen molar-refractivity contribution < 1.29 is 20.4 Å². The molecule has 0 radical (unpaired) electrons. The summed E-state index contributed by atoms with van der Waals surface area (Å²) in [6, 6.07) is 7.24. The highest BCUT2D eigenvalue weighted by Gasteiger charge is 2.22. The first-order valence-electron chi connectivity index (χ1n) is 6.67. The highest BCUT2D eigenvalue weighted by molar-refractivity contribution is 7.14. The SMILES string of the molecule is OCC(O)C(O)C(O)/C=N\Nc1nc(-c2ccc(Cl)cc2)cs1. The molecule has 0 saturated carbocycles. The molecule has 0 fully saturated rings. The van der Waals surface area contributed by atoms with Gasteiger partial charge in [0.25, 0.3) is 0 Å². The van der Waals surface area contributed by atoms with Crippen LogP contribution in [-0.4, -0.2) is 56.5 Å². The van der Waals surface area contributed by atoms with E-state index in [9.17, 15) is 15.3 Å². The molecule has 1 aromatic heterocycles. The molecular weight excluding hydrogens is 342 g/mol. The molecule has 9 heteroatoms. The summed E-state index contributed by atoms with van der Waals surface area (Å²) >= 11 is 7.15. The van der Waals surface area contributed by atoms with E-state index in [2.05, 4.69) is 15.5 Å². The zero-order valence-electron chi connectivity index (χ0n) is 11.9. The average molecular weight is 358 g/mol. The number of hydrazone groups is 1. The Kier molecular flexibility index (Phi) is 6.46. The maximum Gasteiger partial charge on any atom is 0.203 e. The second-order valence-electron chi connectivity index (χ2n) is 4.67. The summed E-state index contributed by atoms with van der Waals surface area (Å²) in [5.41, 5.74) is 4.28. The van der Waals surface area contributed by atoms with Crippen LogP contribution < -0.4 is 5.43 Å². The molecule has 0 bridgehead atoms. The van der Waals surface area contributed by atoms with Crippen molar-refractivity contribution in [3.05, 3.63) is 34.7 Å². The lowest BCUT2D eigenvalue weighted by Gasteiger charge is -2.17. The number of nitrogens with one attached hydrogen (secondary N) is 1. The lowest BCUT2D eigenvalue weighted by atomic mass is 10.1. The van der Waals surface area contributed by atoms with E-state index in [4.69, 9.17) is 16.7 Å². The maximum atomic E-state index is 9.57. The summed E-state index contributed by atoms with van der Waals surface area (Å²) in [4.78, 5) is 4.32. The molecule has 3 atom stereocenters. The van der Waals surface area contributed by atoms with E-state index >= 15 is 0 Å². The largest absolute Gasteiger partial charge is 0.394 e. The van der Waals surface area contributed by atoms with Crippen LogP contribution in [0.25, 0.3) is 11.3 Å². The molecule has 1 aromatic carbocycles. The second-order valence-corrected chi connectivity index (χ2v) is 5.96. The molecular formula is C14H16ClN3O4S. The van der Waals surface area contributed by atoms with E-state index in [1.807, 2.05) is 17.5 Å². The predicted octanol–water partition coefficient (Wildman–Crippen LogP) is 0.936. The second kappa shape index (κ2) is 8.34. The highest BCUT2D eigenvalue weighted by atomic mass is 35.5. The lowest BCUT2D eigenvalue weighted by molar-refractivity contribution is -0.0541. The van der Waals surface area contributed by atoms with Crippen LogP contribution in [0.2, 0.25) is 5.02 Å². The first-order chi connectivity index (χ1) is 11.0. The van der Waals surface area contributed by atoms with Gasteiger partial charge in [-0.3, -0.25) is 5.43 Å². The normalized spacial score (nSPS) is 15.5. The molecule has 0 aliphatic rings. The van der Waals surface area contributed by atoms with Gasteiger partial charge in [-0.05, 0) is 12.1 Å². The van der Waals surface area contributed by atoms with Gasteiger partial charge in [0.1, 0.15) is 18.3 Å². The summed E-state index contributed by atoms with van der Waals surface area (Å²) < 4.78 is 0. The third-order valence-corrected chi connectivity index (χ3v) is 3.96. The molecule has 3 unspecified atom stereocenters. The summed E-state index contributed by atoms with van der Waals surface area (Å²) in [6.45, 7) is -0.656. The molecule has 0 saturated heterocycles. The Balaban J connectivity index is 1.94. The zero-order chi connectivity index (χ0) is 16.8. The Hall–Kier alpha value is -1.55. The zero-order valence-corrected chi connectivity index (χ0v) is 13.4. The topological polar surface area (TPSA) is 118 Å². The number of anilines is 1. The molecule has 1 heterocycles. The van der Waals surface area contributed by atoms with Crippen molar-refractivity contribution in [2.24, 2.45) is 5.10 Å².